The van der Waals surface area contributed by atoms with Crippen LogP contribution in [0.25, 0.3) is 22.3 Å². The summed E-state index contributed by atoms with van der Waals surface area (Å²) in [6.45, 7) is 0.208. The van der Waals surface area contributed by atoms with Crippen LogP contribution < -0.4 is 10.1 Å². The number of halogens is 6. The minimum absolute atomic E-state index is 0.0888. The van der Waals surface area contributed by atoms with Gasteiger partial charge in [-0.1, -0.05) is 0 Å². The first kappa shape index (κ1) is 37.7. The molecule has 0 spiro atoms. The van der Waals surface area contributed by atoms with Gasteiger partial charge in [0.25, 0.3) is 17.8 Å². The van der Waals surface area contributed by atoms with E-state index in [1.54, 1.807) is 24.4 Å². The van der Waals surface area contributed by atoms with Crippen LogP contribution in [0.1, 0.15) is 112 Å². The molecule has 6 saturated carbocycles. The Balaban J connectivity index is 1.02. The van der Waals surface area contributed by atoms with Gasteiger partial charge in [-0.15, -0.1) is 0 Å². The maximum atomic E-state index is 15.5. The van der Waals surface area contributed by atoms with Crippen LogP contribution in [0.3, 0.4) is 0 Å². The molecule has 7 aliphatic rings. The normalized spacial score (nSPS) is 32.6. The number of nitrogens with one attached hydrogen (secondary N) is 1. The van der Waals surface area contributed by atoms with Crippen molar-refractivity contribution in [3.8, 4) is 17.1 Å². The number of carboxylic acids is 1. The lowest BCUT2D eigenvalue weighted by molar-refractivity contribution is -0.163. The Morgan fingerprint density at radius 3 is 2.12 bits per heavy atom. The van der Waals surface area contributed by atoms with Gasteiger partial charge in [0.2, 0.25) is 5.92 Å². The Labute approximate surface area is 320 Å². The van der Waals surface area contributed by atoms with Gasteiger partial charge in [-0.2, -0.15) is 8.78 Å². The number of carboxylic acid groups (broad SMARTS) is 1. The molecule has 10 rings (SSSR count). The van der Waals surface area contributed by atoms with Gasteiger partial charge in [-0.3, -0.25) is 9.69 Å². The van der Waals surface area contributed by atoms with Gasteiger partial charge >= 0.3 is 5.97 Å². The van der Waals surface area contributed by atoms with E-state index in [4.69, 9.17) is 4.74 Å². The average molecular weight is 788 g/mol. The zero-order valence-corrected chi connectivity index (χ0v) is 31.3. The van der Waals surface area contributed by atoms with Crippen molar-refractivity contribution in [2.24, 2.45) is 23.7 Å². The fraction of sp³-hybridized carbons (Fsp3) is 0.659. The molecular weight excluding hydrogens is 740 g/mol. The number of amides is 1. The van der Waals surface area contributed by atoms with E-state index in [0.717, 1.165) is 25.5 Å². The van der Waals surface area contributed by atoms with Crippen LogP contribution in [-0.4, -0.2) is 79.0 Å². The lowest BCUT2D eigenvalue weighted by atomic mass is 9.48. The molecule has 3 aromatic rings. The molecular formula is C41H47F6N5O4. The van der Waals surface area contributed by atoms with Crippen molar-refractivity contribution in [3.05, 3.63) is 41.9 Å². The Morgan fingerprint density at radius 1 is 0.893 bits per heavy atom. The van der Waals surface area contributed by atoms with Gasteiger partial charge < -0.3 is 19.7 Å². The van der Waals surface area contributed by atoms with Crippen LogP contribution >= 0.6 is 0 Å². The van der Waals surface area contributed by atoms with Crippen molar-refractivity contribution < 1.29 is 45.8 Å². The molecule has 6 aliphatic carbocycles. The number of hydrogen-bond acceptors (Lipinski definition) is 6. The quantitative estimate of drug-likeness (QED) is 0.209. The second-order valence-electron chi connectivity index (χ2n) is 17.8. The van der Waals surface area contributed by atoms with Gasteiger partial charge in [0, 0.05) is 61.3 Å². The van der Waals surface area contributed by atoms with Crippen LogP contribution in [-0.2, 0) is 10.7 Å². The van der Waals surface area contributed by atoms with Crippen LogP contribution in [0.2, 0.25) is 0 Å². The van der Waals surface area contributed by atoms with Crippen molar-refractivity contribution in [1.82, 2.24) is 24.8 Å². The van der Waals surface area contributed by atoms with E-state index in [1.165, 1.54) is 0 Å². The number of alkyl halides is 6. The molecule has 1 saturated heterocycles. The summed E-state index contributed by atoms with van der Waals surface area (Å²) in [5.41, 5.74) is -1.89. The van der Waals surface area contributed by atoms with Gasteiger partial charge in [0.05, 0.1) is 30.3 Å². The fourth-order valence-electron chi connectivity index (χ4n) is 11.4. The van der Waals surface area contributed by atoms with Gasteiger partial charge in [0.1, 0.15) is 17.0 Å². The zero-order valence-electron chi connectivity index (χ0n) is 31.3. The molecule has 0 atom stereocenters. The minimum Gasteiger partial charge on any atom is -0.490 e. The monoisotopic (exact) mass is 787 g/mol. The molecule has 0 unspecified atom stereocenters. The van der Waals surface area contributed by atoms with Crippen molar-refractivity contribution in [2.75, 3.05) is 13.1 Å². The molecule has 1 aromatic carbocycles. The molecule has 9 nitrogen and oxygen atoms in total. The maximum absolute atomic E-state index is 15.5. The number of aromatic nitrogens is 3. The second kappa shape index (κ2) is 13.3. The molecule has 4 bridgehead atoms. The number of rotatable bonds is 9. The number of nitrogens with zero attached hydrogens (tertiary/aromatic N) is 4. The Morgan fingerprint density at radius 2 is 1.54 bits per heavy atom. The molecule has 302 valence electrons. The number of aliphatic carboxylic acids is 1. The van der Waals surface area contributed by atoms with Crippen LogP contribution in [0.5, 0.6) is 5.75 Å². The number of carbonyl (C=O) groups excluding carboxylic acids is 1. The zero-order chi connectivity index (χ0) is 39.4. The highest BCUT2D eigenvalue weighted by molar-refractivity contribution is 6.00. The molecule has 56 heavy (non-hydrogen) atoms. The van der Waals surface area contributed by atoms with Crippen LogP contribution in [0.15, 0.2) is 30.6 Å². The van der Waals surface area contributed by atoms with E-state index < -0.39 is 46.4 Å². The fourth-order valence-corrected chi connectivity index (χ4v) is 11.4. The molecule has 15 heteroatoms. The third-order valence-corrected chi connectivity index (χ3v) is 14.0. The predicted molar refractivity (Wildman–Crippen MR) is 193 cm³/mol. The highest BCUT2D eigenvalue weighted by atomic mass is 19.3. The summed E-state index contributed by atoms with van der Waals surface area (Å²) in [4.78, 5) is 37.4. The first-order valence-electron chi connectivity index (χ1n) is 20.1. The van der Waals surface area contributed by atoms with Crippen molar-refractivity contribution >= 4 is 22.8 Å². The predicted octanol–water partition coefficient (Wildman–Crippen LogP) is 8.61. The summed E-state index contributed by atoms with van der Waals surface area (Å²) >= 11 is 0. The van der Waals surface area contributed by atoms with Crippen LogP contribution in [0.4, 0.5) is 26.3 Å². The smallest absolute Gasteiger partial charge is 0.330 e. The average Bonchev–Trinajstić information content (AvgIpc) is 3.50. The van der Waals surface area contributed by atoms with E-state index in [2.05, 4.69) is 15.3 Å². The largest absolute Gasteiger partial charge is 0.490 e. The lowest BCUT2D eigenvalue weighted by Gasteiger charge is -2.59. The van der Waals surface area contributed by atoms with Gasteiger partial charge in [-0.05, 0) is 106 Å². The molecule has 0 radical (unpaired) electrons. The molecule has 7 fully saturated rings. The van der Waals surface area contributed by atoms with Crippen molar-refractivity contribution in [1.29, 1.82) is 0 Å². The van der Waals surface area contributed by atoms with E-state index in [-0.39, 0.29) is 74.6 Å². The van der Waals surface area contributed by atoms with E-state index >= 15 is 8.78 Å². The molecule has 1 aliphatic heterocycles. The summed E-state index contributed by atoms with van der Waals surface area (Å²) in [7, 11) is 0. The number of likely N-dealkylation sites (tertiary alicyclic amines) is 1. The third-order valence-electron chi connectivity index (χ3n) is 14.0. The van der Waals surface area contributed by atoms with Crippen LogP contribution in [0, 0.1) is 23.7 Å². The summed E-state index contributed by atoms with van der Waals surface area (Å²) in [6, 6.07) is 5.09. The standard InChI is InChI=1S/C41H47F6N5O4/c1-38(42,43)34-31(36(53)50-41(37(54)55)24-13-22-12-23(15-24)16-25(41)14-22)18-48-35(49-34)32-19-52(27-8-10-39(44,45)11-9-27)33-17-29(6-7-30(32)33)56-28-4-2-26(3-5-28)51-20-40(46,47)21-51/h6-7,17-19,22-28H,2-5,8-16,20-21H2,1H3,(H,50,53)(H,54,55)/t22?,23?,24?,25?,26-,28-,41?. The number of fused-ring (bicyclic) bond motifs is 1. The Bertz CT molecular complexity index is 2000. The second-order valence-corrected chi connectivity index (χ2v) is 17.8. The molecule has 1 amide bonds. The Kier molecular flexibility index (Phi) is 8.98. The third kappa shape index (κ3) is 6.62. The topological polar surface area (TPSA) is 110 Å². The minimum atomic E-state index is -3.60. The van der Waals surface area contributed by atoms with Crippen molar-refractivity contribution in [3.63, 3.8) is 0 Å². The first-order chi connectivity index (χ1) is 26.5. The summed E-state index contributed by atoms with van der Waals surface area (Å²) in [6.07, 6.45) is 8.94. The summed E-state index contributed by atoms with van der Waals surface area (Å²) in [5, 5.41) is 13.9. The van der Waals surface area contributed by atoms with Crippen molar-refractivity contribution in [2.45, 2.75) is 132 Å². The molecule has 2 aromatic heterocycles. The first-order valence-corrected chi connectivity index (χ1v) is 20.1. The summed E-state index contributed by atoms with van der Waals surface area (Å²) in [5.74, 6) is -10.4. The molecule has 3 heterocycles. The number of ether oxygens (including phenoxy) is 1. The maximum Gasteiger partial charge on any atom is 0.330 e. The van der Waals surface area contributed by atoms with E-state index in [9.17, 15) is 32.3 Å². The summed E-state index contributed by atoms with van der Waals surface area (Å²) < 4.78 is 94.6. The highest BCUT2D eigenvalue weighted by Gasteiger charge is 2.62. The molecule has 2 N–H and O–H groups in total. The highest BCUT2D eigenvalue weighted by Crippen LogP contribution is 2.58. The Hall–Kier alpha value is -3.88. The number of hydrogen-bond donors (Lipinski definition) is 2. The lowest BCUT2D eigenvalue weighted by Crippen LogP contribution is -2.70. The van der Waals surface area contributed by atoms with E-state index in [0.29, 0.717) is 79.5 Å². The number of benzene rings is 1. The van der Waals surface area contributed by atoms with Gasteiger partial charge in [0.15, 0.2) is 5.82 Å². The SMILES string of the molecule is CC(F)(F)c1nc(-c2cn(C3CCC(F)(F)CC3)c3cc(O[C@H]4CC[C@H](N5CC(F)(F)C5)CC4)ccc23)ncc1C(=O)NC1(C(=O)O)C2CC3CC(C2)CC1C3. The van der Waals surface area contributed by atoms with E-state index in [1.807, 2.05) is 9.47 Å². The van der Waals surface area contributed by atoms with Gasteiger partial charge in [-0.25, -0.2) is 32.3 Å². The number of carbonyl (C=O) groups is 2.